The van der Waals surface area contributed by atoms with E-state index in [9.17, 15) is 27.2 Å². The van der Waals surface area contributed by atoms with Crippen LogP contribution >= 0.6 is 11.8 Å². The number of carbonyl (C=O) groups excluding carboxylic acids is 2. The molecule has 172 valence electrons. The van der Waals surface area contributed by atoms with Gasteiger partial charge in [0.1, 0.15) is 5.82 Å². The number of thioether (sulfide) groups is 1. The van der Waals surface area contributed by atoms with Crippen molar-refractivity contribution in [2.45, 2.75) is 18.9 Å². The minimum absolute atomic E-state index is 0.0196. The molecule has 0 atom stereocenters. The molecular formula is C24H20F4N2O2S. The zero-order chi connectivity index (χ0) is 24.0. The van der Waals surface area contributed by atoms with Crippen molar-refractivity contribution in [2.24, 2.45) is 0 Å². The van der Waals surface area contributed by atoms with Gasteiger partial charge in [-0.15, -0.1) is 11.8 Å². The first-order valence-corrected chi connectivity index (χ1v) is 11.0. The Kier molecular flexibility index (Phi) is 7.75. The second-order valence-corrected chi connectivity index (χ2v) is 8.23. The van der Waals surface area contributed by atoms with Gasteiger partial charge in [-0.1, -0.05) is 29.8 Å². The Hall–Kier alpha value is -3.33. The number of halogens is 4. The average molecular weight is 476 g/mol. The molecule has 3 rings (SSSR count). The van der Waals surface area contributed by atoms with Gasteiger partial charge in [-0.2, -0.15) is 13.2 Å². The van der Waals surface area contributed by atoms with E-state index in [1.165, 1.54) is 30.0 Å². The molecule has 9 heteroatoms. The summed E-state index contributed by atoms with van der Waals surface area (Å²) < 4.78 is 53.7. The Balaban J connectivity index is 1.66. The lowest BCUT2D eigenvalue weighted by atomic mass is 10.1. The SMILES string of the molecule is Cc1cccc(CSCC(=O)Nc2ccc(NC(=O)c3ccc(F)cc3)cc2C(F)(F)F)c1. The summed E-state index contributed by atoms with van der Waals surface area (Å²) in [6, 6.07) is 15.4. The highest BCUT2D eigenvalue weighted by molar-refractivity contribution is 7.99. The standard InChI is InChI=1S/C24H20F4N2O2S/c1-15-3-2-4-16(11-15)13-33-14-22(31)30-21-10-9-19(12-20(21)24(26,27)28)29-23(32)17-5-7-18(25)8-6-17/h2-12H,13-14H2,1H3,(H,29,32)(H,30,31). The molecule has 0 heterocycles. The van der Waals surface area contributed by atoms with Crippen LogP contribution in [-0.4, -0.2) is 17.6 Å². The van der Waals surface area contributed by atoms with E-state index in [1.54, 1.807) is 0 Å². The van der Waals surface area contributed by atoms with Crippen LogP contribution in [0.25, 0.3) is 0 Å². The van der Waals surface area contributed by atoms with Gasteiger partial charge in [0.05, 0.1) is 17.0 Å². The van der Waals surface area contributed by atoms with Crippen LogP contribution in [-0.2, 0) is 16.7 Å². The van der Waals surface area contributed by atoms with Gasteiger partial charge in [-0.25, -0.2) is 4.39 Å². The number of hydrogen-bond donors (Lipinski definition) is 2. The average Bonchev–Trinajstić information content (AvgIpc) is 2.74. The Bertz CT molecular complexity index is 1150. The van der Waals surface area contributed by atoms with Crippen molar-refractivity contribution < 1.29 is 27.2 Å². The monoisotopic (exact) mass is 476 g/mol. The molecular weight excluding hydrogens is 456 g/mol. The quantitative estimate of drug-likeness (QED) is 0.395. The van der Waals surface area contributed by atoms with E-state index in [0.29, 0.717) is 5.75 Å². The Morgan fingerprint density at radius 2 is 1.67 bits per heavy atom. The smallest absolute Gasteiger partial charge is 0.325 e. The van der Waals surface area contributed by atoms with Crippen LogP contribution in [0.15, 0.2) is 66.7 Å². The molecule has 0 aliphatic carbocycles. The van der Waals surface area contributed by atoms with Crippen molar-refractivity contribution >= 4 is 35.0 Å². The van der Waals surface area contributed by atoms with Gasteiger partial charge in [0.2, 0.25) is 5.91 Å². The maximum Gasteiger partial charge on any atom is 0.418 e. The van der Waals surface area contributed by atoms with Crippen LogP contribution < -0.4 is 10.6 Å². The summed E-state index contributed by atoms with van der Waals surface area (Å²) >= 11 is 1.29. The summed E-state index contributed by atoms with van der Waals surface area (Å²) in [5.41, 5.74) is 0.598. The fourth-order valence-electron chi connectivity index (χ4n) is 3.02. The Morgan fingerprint density at radius 3 is 2.33 bits per heavy atom. The van der Waals surface area contributed by atoms with E-state index in [4.69, 9.17) is 0 Å². The molecule has 2 N–H and O–H groups in total. The maximum atomic E-state index is 13.6. The summed E-state index contributed by atoms with van der Waals surface area (Å²) in [5, 5.41) is 4.65. The lowest BCUT2D eigenvalue weighted by Crippen LogP contribution is -2.19. The van der Waals surface area contributed by atoms with Crippen LogP contribution in [0.4, 0.5) is 28.9 Å². The molecule has 0 aliphatic heterocycles. The molecule has 0 unspecified atom stereocenters. The fourth-order valence-corrected chi connectivity index (χ4v) is 3.79. The molecule has 0 saturated carbocycles. The van der Waals surface area contributed by atoms with Crippen LogP contribution in [0.2, 0.25) is 0 Å². The third-order valence-corrected chi connectivity index (χ3v) is 5.55. The molecule has 4 nitrogen and oxygen atoms in total. The number of benzene rings is 3. The zero-order valence-corrected chi connectivity index (χ0v) is 18.3. The van der Waals surface area contributed by atoms with E-state index in [2.05, 4.69) is 10.6 Å². The summed E-state index contributed by atoms with van der Waals surface area (Å²) in [6.07, 6.45) is -4.76. The van der Waals surface area contributed by atoms with Crippen molar-refractivity contribution in [3.63, 3.8) is 0 Å². The van der Waals surface area contributed by atoms with Gasteiger partial charge >= 0.3 is 6.18 Å². The Morgan fingerprint density at radius 1 is 0.939 bits per heavy atom. The predicted octanol–water partition coefficient (Wildman–Crippen LogP) is 6.28. The molecule has 3 aromatic rings. The van der Waals surface area contributed by atoms with Crippen LogP contribution in [0, 0.1) is 12.7 Å². The maximum absolute atomic E-state index is 13.6. The van der Waals surface area contributed by atoms with Crippen molar-refractivity contribution in [2.75, 3.05) is 16.4 Å². The molecule has 0 aromatic heterocycles. The third kappa shape index (κ3) is 7.08. The van der Waals surface area contributed by atoms with E-state index in [1.807, 2.05) is 31.2 Å². The first-order valence-electron chi connectivity index (χ1n) is 9.83. The highest BCUT2D eigenvalue weighted by Gasteiger charge is 2.34. The number of anilines is 2. The number of aryl methyl sites for hydroxylation is 1. The molecule has 0 fully saturated rings. The molecule has 0 bridgehead atoms. The van der Waals surface area contributed by atoms with Crippen molar-refractivity contribution in [1.82, 2.24) is 0 Å². The minimum atomic E-state index is -4.76. The highest BCUT2D eigenvalue weighted by atomic mass is 32.2. The van der Waals surface area contributed by atoms with E-state index >= 15 is 0 Å². The Labute approximate surface area is 192 Å². The van der Waals surface area contributed by atoms with Gasteiger partial charge in [0, 0.05) is 17.0 Å². The van der Waals surface area contributed by atoms with Crippen molar-refractivity contribution in [1.29, 1.82) is 0 Å². The van der Waals surface area contributed by atoms with Gasteiger partial charge in [0.25, 0.3) is 5.91 Å². The summed E-state index contributed by atoms with van der Waals surface area (Å²) in [4.78, 5) is 24.4. The normalized spacial score (nSPS) is 11.2. The third-order valence-electron chi connectivity index (χ3n) is 4.55. The number of rotatable bonds is 7. The second kappa shape index (κ2) is 10.5. The first-order chi connectivity index (χ1) is 15.6. The second-order valence-electron chi connectivity index (χ2n) is 7.25. The minimum Gasteiger partial charge on any atom is -0.325 e. The molecule has 33 heavy (non-hydrogen) atoms. The number of hydrogen-bond acceptors (Lipinski definition) is 3. The van der Waals surface area contributed by atoms with Gasteiger partial charge < -0.3 is 10.6 Å². The fraction of sp³-hybridized carbons (Fsp3) is 0.167. The molecule has 0 aliphatic rings. The first kappa shape index (κ1) is 24.3. The molecule has 0 radical (unpaired) electrons. The largest absolute Gasteiger partial charge is 0.418 e. The predicted molar refractivity (Wildman–Crippen MR) is 122 cm³/mol. The summed E-state index contributed by atoms with van der Waals surface area (Å²) in [6.45, 7) is 1.95. The summed E-state index contributed by atoms with van der Waals surface area (Å²) in [5.74, 6) is -1.26. The lowest BCUT2D eigenvalue weighted by molar-refractivity contribution is -0.136. The summed E-state index contributed by atoms with van der Waals surface area (Å²) in [7, 11) is 0. The number of amides is 2. The zero-order valence-electron chi connectivity index (χ0n) is 17.5. The van der Waals surface area contributed by atoms with Gasteiger partial charge in [-0.3, -0.25) is 9.59 Å². The molecule has 0 spiro atoms. The van der Waals surface area contributed by atoms with Crippen molar-refractivity contribution in [3.05, 3.63) is 94.8 Å². The van der Waals surface area contributed by atoms with Gasteiger partial charge in [-0.05, 0) is 55.0 Å². The van der Waals surface area contributed by atoms with E-state index in [-0.39, 0.29) is 17.0 Å². The van der Waals surface area contributed by atoms with Crippen LogP contribution in [0.1, 0.15) is 27.0 Å². The number of nitrogens with one attached hydrogen (secondary N) is 2. The van der Waals surface area contributed by atoms with E-state index < -0.39 is 35.1 Å². The van der Waals surface area contributed by atoms with Crippen molar-refractivity contribution in [3.8, 4) is 0 Å². The molecule has 2 amide bonds. The topological polar surface area (TPSA) is 58.2 Å². The van der Waals surface area contributed by atoms with Gasteiger partial charge in [0.15, 0.2) is 0 Å². The molecule has 0 saturated heterocycles. The number of alkyl halides is 3. The van der Waals surface area contributed by atoms with Crippen LogP contribution in [0.5, 0.6) is 0 Å². The lowest BCUT2D eigenvalue weighted by Gasteiger charge is -2.16. The molecule has 3 aromatic carbocycles. The number of carbonyl (C=O) groups is 2. The van der Waals surface area contributed by atoms with E-state index in [0.717, 1.165) is 35.4 Å². The van der Waals surface area contributed by atoms with Crippen LogP contribution in [0.3, 0.4) is 0 Å². The highest BCUT2D eigenvalue weighted by Crippen LogP contribution is 2.36.